The van der Waals surface area contributed by atoms with E-state index >= 15 is 0 Å². The number of aromatic nitrogens is 2. The summed E-state index contributed by atoms with van der Waals surface area (Å²) in [5.74, 6) is -0.184. The molecule has 1 aromatic heterocycles. The molecule has 0 spiro atoms. The predicted molar refractivity (Wildman–Crippen MR) is 107 cm³/mol. The zero-order chi connectivity index (χ0) is 18.8. The fourth-order valence-electron chi connectivity index (χ4n) is 2.62. The van der Waals surface area contributed by atoms with Crippen LogP contribution < -0.4 is 10.9 Å². The van der Waals surface area contributed by atoms with E-state index in [-0.39, 0.29) is 22.3 Å². The van der Waals surface area contributed by atoms with E-state index in [1.54, 1.807) is 42.5 Å². The van der Waals surface area contributed by atoms with Crippen LogP contribution in [0.5, 0.6) is 0 Å². The third-order valence-electron chi connectivity index (χ3n) is 4.22. The predicted octanol–water partition coefficient (Wildman–Crippen LogP) is 4.23. The molecular weight excluding hydrogens is 370 g/mol. The first-order valence-electron chi connectivity index (χ1n) is 8.26. The molecule has 7 heteroatoms. The van der Waals surface area contributed by atoms with Gasteiger partial charge >= 0.3 is 0 Å². The minimum absolute atomic E-state index is 0.0714. The van der Waals surface area contributed by atoms with Gasteiger partial charge in [-0.3, -0.25) is 14.2 Å². The summed E-state index contributed by atoms with van der Waals surface area (Å²) in [6, 6.07) is 11.9. The van der Waals surface area contributed by atoms with Gasteiger partial charge in [0, 0.05) is 16.6 Å². The van der Waals surface area contributed by atoms with Gasteiger partial charge in [-0.1, -0.05) is 24.6 Å². The Morgan fingerprint density at radius 2 is 2.08 bits per heavy atom. The average molecular weight is 388 g/mol. The second kappa shape index (κ2) is 7.43. The maximum atomic E-state index is 12.9. The van der Waals surface area contributed by atoms with E-state index < -0.39 is 0 Å². The van der Waals surface area contributed by atoms with E-state index in [2.05, 4.69) is 10.3 Å². The molecule has 0 aliphatic rings. The van der Waals surface area contributed by atoms with Crippen LogP contribution >= 0.6 is 23.8 Å². The van der Waals surface area contributed by atoms with Crippen LogP contribution in [0.4, 0.5) is 0 Å². The van der Waals surface area contributed by atoms with Crippen molar-refractivity contribution in [2.24, 2.45) is 0 Å². The Morgan fingerprint density at radius 3 is 2.81 bits per heavy atom. The average Bonchev–Trinajstić information content (AvgIpc) is 2.61. The van der Waals surface area contributed by atoms with Crippen molar-refractivity contribution in [3.8, 4) is 5.69 Å². The number of H-pyrrole nitrogens is 1. The van der Waals surface area contributed by atoms with Gasteiger partial charge in [-0.15, -0.1) is 0 Å². The van der Waals surface area contributed by atoms with Crippen LogP contribution in [-0.4, -0.2) is 21.5 Å². The van der Waals surface area contributed by atoms with Crippen LogP contribution in [0.15, 0.2) is 47.3 Å². The van der Waals surface area contributed by atoms with Gasteiger partial charge in [0.2, 0.25) is 0 Å². The first-order chi connectivity index (χ1) is 12.4. The Labute approximate surface area is 160 Å². The molecule has 3 rings (SSSR count). The molecule has 3 aromatic rings. The van der Waals surface area contributed by atoms with Crippen LogP contribution in [0.25, 0.3) is 16.6 Å². The molecule has 0 aliphatic carbocycles. The molecule has 1 amide bonds. The van der Waals surface area contributed by atoms with Crippen molar-refractivity contribution in [3.63, 3.8) is 0 Å². The zero-order valence-electron chi connectivity index (χ0n) is 14.4. The third kappa shape index (κ3) is 3.57. The fraction of sp³-hybridized carbons (Fsp3) is 0.211. The summed E-state index contributed by atoms with van der Waals surface area (Å²) in [6.45, 7) is 3.94. The lowest BCUT2D eigenvalue weighted by atomic mass is 10.1. The van der Waals surface area contributed by atoms with Crippen LogP contribution in [0, 0.1) is 4.77 Å². The molecular formula is C19H18ClN3O2S. The van der Waals surface area contributed by atoms with Gasteiger partial charge in [0.25, 0.3) is 11.5 Å². The largest absolute Gasteiger partial charge is 0.350 e. The molecule has 0 aliphatic heterocycles. The lowest BCUT2D eigenvalue weighted by Crippen LogP contribution is -2.32. The van der Waals surface area contributed by atoms with Gasteiger partial charge < -0.3 is 10.3 Å². The van der Waals surface area contributed by atoms with Gasteiger partial charge in [0.1, 0.15) is 0 Å². The second-order valence-corrected chi connectivity index (χ2v) is 6.92. The lowest BCUT2D eigenvalue weighted by molar-refractivity contribution is 0.0939. The first-order valence-corrected chi connectivity index (χ1v) is 9.05. The molecule has 0 saturated carbocycles. The fourth-order valence-corrected chi connectivity index (χ4v) is 3.09. The summed E-state index contributed by atoms with van der Waals surface area (Å²) in [5, 5.41) is 3.90. The quantitative estimate of drug-likeness (QED) is 0.658. The zero-order valence-corrected chi connectivity index (χ0v) is 15.9. The van der Waals surface area contributed by atoms with E-state index in [0.29, 0.717) is 27.2 Å². The number of rotatable bonds is 4. The summed E-state index contributed by atoms with van der Waals surface area (Å²) in [6.07, 6.45) is 0.837. The molecule has 0 unspecified atom stereocenters. The standard InChI is InChI=1S/C19H18ClN3O2S/c1-3-11(2)21-17(24)12-5-4-6-14(9-12)23-18(25)15-8-7-13(20)10-16(15)22-19(23)26/h4-11H,3H2,1-2H3,(H,21,24)(H,22,26)/t11-/m1/s1. The summed E-state index contributed by atoms with van der Waals surface area (Å²) >= 11 is 11.3. The van der Waals surface area contributed by atoms with E-state index in [0.717, 1.165) is 6.42 Å². The highest BCUT2D eigenvalue weighted by atomic mass is 35.5. The van der Waals surface area contributed by atoms with Gasteiger partial charge in [0.05, 0.1) is 16.6 Å². The normalized spacial score (nSPS) is 12.1. The van der Waals surface area contributed by atoms with Gasteiger partial charge in [-0.25, -0.2) is 0 Å². The molecule has 0 bridgehead atoms. The first kappa shape index (κ1) is 18.4. The summed E-state index contributed by atoms with van der Waals surface area (Å²) in [5.41, 5.74) is 1.32. The topological polar surface area (TPSA) is 66.9 Å². The maximum Gasteiger partial charge on any atom is 0.266 e. The Balaban J connectivity index is 2.11. The van der Waals surface area contributed by atoms with Gasteiger partial charge in [-0.05, 0) is 62.0 Å². The monoisotopic (exact) mass is 387 g/mol. The summed E-state index contributed by atoms with van der Waals surface area (Å²) in [4.78, 5) is 28.3. The highest BCUT2D eigenvalue weighted by Gasteiger charge is 2.12. The molecule has 134 valence electrons. The minimum atomic E-state index is -0.264. The van der Waals surface area contributed by atoms with Gasteiger partial charge in [0.15, 0.2) is 4.77 Å². The number of nitrogens with zero attached hydrogens (tertiary/aromatic N) is 1. The minimum Gasteiger partial charge on any atom is -0.350 e. The molecule has 2 aromatic carbocycles. The number of benzene rings is 2. The van der Waals surface area contributed by atoms with Crippen molar-refractivity contribution in [1.82, 2.24) is 14.9 Å². The number of carbonyl (C=O) groups excluding carboxylic acids is 1. The Morgan fingerprint density at radius 1 is 1.31 bits per heavy atom. The number of aromatic amines is 1. The lowest BCUT2D eigenvalue weighted by Gasteiger charge is -2.13. The molecule has 26 heavy (non-hydrogen) atoms. The van der Waals surface area contributed by atoms with Crippen LogP contribution in [0.3, 0.4) is 0 Å². The SMILES string of the molecule is CC[C@@H](C)NC(=O)c1cccc(-n2c(=S)[nH]c3cc(Cl)ccc3c2=O)c1. The van der Waals surface area contributed by atoms with Crippen molar-refractivity contribution in [3.05, 3.63) is 68.2 Å². The maximum absolute atomic E-state index is 12.9. The Bertz CT molecular complexity index is 1100. The Hall–Kier alpha value is -2.44. The highest BCUT2D eigenvalue weighted by molar-refractivity contribution is 7.71. The van der Waals surface area contributed by atoms with E-state index in [1.165, 1.54) is 4.57 Å². The van der Waals surface area contributed by atoms with E-state index in [4.69, 9.17) is 23.8 Å². The summed E-state index contributed by atoms with van der Waals surface area (Å²) < 4.78 is 1.62. The molecule has 1 atom stereocenters. The number of amides is 1. The number of hydrogen-bond donors (Lipinski definition) is 2. The van der Waals surface area contributed by atoms with Crippen molar-refractivity contribution < 1.29 is 4.79 Å². The molecule has 0 saturated heterocycles. The number of fused-ring (bicyclic) bond motifs is 1. The van der Waals surface area contributed by atoms with Crippen molar-refractivity contribution in [2.45, 2.75) is 26.3 Å². The van der Waals surface area contributed by atoms with Crippen LogP contribution in [-0.2, 0) is 0 Å². The number of hydrogen-bond acceptors (Lipinski definition) is 3. The number of nitrogens with one attached hydrogen (secondary N) is 2. The molecule has 1 heterocycles. The molecule has 5 nitrogen and oxygen atoms in total. The van der Waals surface area contributed by atoms with Crippen LogP contribution in [0.1, 0.15) is 30.6 Å². The van der Waals surface area contributed by atoms with Crippen molar-refractivity contribution in [1.29, 1.82) is 0 Å². The third-order valence-corrected chi connectivity index (χ3v) is 4.74. The van der Waals surface area contributed by atoms with E-state index in [9.17, 15) is 9.59 Å². The van der Waals surface area contributed by atoms with Crippen molar-refractivity contribution >= 4 is 40.6 Å². The smallest absolute Gasteiger partial charge is 0.266 e. The Kier molecular flexibility index (Phi) is 5.25. The van der Waals surface area contributed by atoms with Crippen molar-refractivity contribution in [2.75, 3.05) is 0 Å². The summed E-state index contributed by atoms with van der Waals surface area (Å²) in [7, 11) is 0. The molecule has 2 N–H and O–H groups in total. The second-order valence-electron chi connectivity index (χ2n) is 6.09. The van der Waals surface area contributed by atoms with Gasteiger partial charge in [-0.2, -0.15) is 0 Å². The van der Waals surface area contributed by atoms with E-state index in [1.807, 2.05) is 13.8 Å². The highest BCUT2D eigenvalue weighted by Crippen LogP contribution is 2.17. The molecule has 0 radical (unpaired) electrons. The number of halogens is 1. The van der Waals surface area contributed by atoms with Crippen LogP contribution in [0.2, 0.25) is 5.02 Å². The molecule has 0 fully saturated rings. The number of carbonyl (C=O) groups is 1.